The minimum atomic E-state index is -0.228. The number of piperidine rings is 1. The Hall–Kier alpha value is -2.69. The van der Waals surface area contributed by atoms with Crippen molar-refractivity contribution in [3.63, 3.8) is 0 Å². The largest absolute Gasteiger partial charge is 0.489 e. The number of benzene rings is 3. The zero-order valence-electron chi connectivity index (χ0n) is 17.3. The number of halogens is 1. The van der Waals surface area contributed by atoms with Crippen molar-refractivity contribution in [2.45, 2.75) is 38.6 Å². The lowest BCUT2D eigenvalue weighted by Gasteiger charge is -2.32. The molecule has 1 N–H and O–H groups in total. The third-order valence-corrected chi connectivity index (χ3v) is 5.68. The summed E-state index contributed by atoms with van der Waals surface area (Å²) in [7, 11) is 0. The normalized spacial score (nSPS) is 15.2. The molecule has 3 aromatic rings. The van der Waals surface area contributed by atoms with Crippen LogP contribution in [0, 0.1) is 5.82 Å². The summed E-state index contributed by atoms with van der Waals surface area (Å²) in [5.74, 6) is 0.546. The molecule has 4 heteroatoms. The van der Waals surface area contributed by atoms with Crippen LogP contribution < -0.4 is 10.1 Å². The van der Waals surface area contributed by atoms with E-state index in [4.69, 9.17) is 4.74 Å². The Kier molecular flexibility index (Phi) is 7.11. The van der Waals surface area contributed by atoms with Crippen LogP contribution in [-0.4, -0.2) is 24.0 Å². The molecule has 0 aliphatic carbocycles. The van der Waals surface area contributed by atoms with Crippen LogP contribution >= 0.6 is 0 Å². The molecular weight excluding hydrogens is 375 g/mol. The van der Waals surface area contributed by atoms with Gasteiger partial charge in [-0.3, -0.25) is 4.90 Å². The van der Waals surface area contributed by atoms with Crippen molar-refractivity contribution in [1.82, 2.24) is 10.2 Å². The Morgan fingerprint density at radius 1 is 0.867 bits per heavy atom. The highest BCUT2D eigenvalue weighted by molar-refractivity contribution is 5.29. The zero-order chi connectivity index (χ0) is 20.6. The fraction of sp³-hybridized carbons (Fsp3) is 0.308. The van der Waals surface area contributed by atoms with Gasteiger partial charge in [-0.05, 0) is 55.3 Å². The fourth-order valence-corrected chi connectivity index (χ4v) is 3.92. The Balaban J connectivity index is 1.22. The average Bonchev–Trinajstić information content (AvgIpc) is 2.79. The molecule has 3 nitrogen and oxygen atoms in total. The summed E-state index contributed by atoms with van der Waals surface area (Å²) in [6.45, 7) is 4.34. The molecule has 0 amide bonds. The van der Waals surface area contributed by atoms with E-state index in [0.29, 0.717) is 11.6 Å². The summed E-state index contributed by atoms with van der Waals surface area (Å²) in [5, 5.41) is 3.69. The molecular formula is C26H29FN2O. The van der Waals surface area contributed by atoms with Gasteiger partial charge in [-0.1, -0.05) is 60.7 Å². The van der Waals surface area contributed by atoms with Gasteiger partial charge in [0.2, 0.25) is 0 Å². The first-order valence-corrected chi connectivity index (χ1v) is 10.7. The molecule has 1 aliphatic heterocycles. The first-order valence-electron chi connectivity index (χ1n) is 10.7. The Morgan fingerprint density at radius 2 is 1.60 bits per heavy atom. The summed E-state index contributed by atoms with van der Waals surface area (Å²) in [4.78, 5) is 2.53. The van der Waals surface area contributed by atoms with Crippen molar-refractivity contribution in [1.29, 1.82) is 0 Å². The van der Waals surface area contributed by atoms with E-state index in [1.807, 2.05) is 24.3 Å². The third-order valence-electron chi connectivity index (χ3n) is 5.68. The van der Waals surface area contributed by atoms with Gasteiger partial charge in [0.15, 0.2) is 0 Å². The molecule has 0 unspecified atom stereocenters. The summed E-state index contributed by atoms with van der Waals surface area (Å²) < 4.78 is 19.6. The van der Waals surface area contributed by atoms with Gasteiger partial charge >= 0.3 is 0 Å². The van der Waals surface area contributed by atoms with Gasteiger partial charge in [0.05, 0.1) is 0 Å². The van der Waals surface area contributed by atoms with E-state index in [1.54, 1.807) is 12.1 Å². The van der Waals surface area contributed by atoms with Crippen molar-refractivity contribution in [3.05, 3.63) is 101 Å². The van der Waals surface area contributed by atoms with Crippen LogP contribution in [0.3, 0.4) is 0 Å². The molecule has 1 fully saturated rings. The standard InChI is InChI=1S/C26H29FN2O/c27-26-12-5-4-10-23(26)20-30-25-11-6-9-22(17-25)18-28-24-13-15-29(16-14-24)19-21-7-2-1-3-8-21/h1-12,17,24,28H,13-16,18-20H2. The van der Waals surface area contributed by atoms with Gasteiger partial charge in [0, 0.05) is 24.7 Å². The predicted octanol–water partition coefficient (Wildman–Crippen LogP) is 5.16. The maximum absolute atomic E-state index is 13.8. The number of rotatable bonds is 8. The number of nitrogens with one attached hydrogen (secondary N) is 1. The number of ether oxygens (including phenoxy) is 1. The van der Waals surface area contributed by atoms with E-state index in [-0.39, 0.29) is 12.4 Å². The second-order valence-electron chi connectivity index (χ2n) is 7.94. The number of hydrogen-bond acceptors (Lipinski definition) is 3. The number of likely N-dealkylation sites (tertiary alicyclic amines) is 1. The lowest BCUT2D eigenvalue weighted by molar-refractivity contribution is 0.190. The second kappa shape index (κ2) is 10.4. The monoisotopic (exact) mass is 404 g/mol. The lowest BCUT2D eigenvalue weighted by atomic mass is 10.0. The van der Waals surface area contributed by atoms with Crippen LogP contribution in [0.25, 0.3) is 0 Å². The minimum absolute atomic E-state index is 0.228. The smallest absolute Gasteiger partial charge is 0.129 e. The van der Waals surface area contributed by atoms with Crippen LogP contribution in [0.15, 0.2) is 78.9 Å². The Labute approximate surface area is 178 Å². The molecule has 156 valence electrons. The molecule has 0 bridgehead atoms. The molecule has 3 aromatic carbocycles. The van der Waals surface area contributed by atoms with Gasteiger partial charge in [-0.15, -0.1) is 0 Å². The molecule has 1 aliphatic rings. The van der Waals surface area contributed by atoms with Crippen LogP contribution in [-0.2, 0) is 19.7 Å². The van der Waals surface area contributed by atoms with Gasteiger partial charge in [0.25, 0.3) is 0 Å². The first kappa shape index (κ1) is 20.6. The molecule has 1 saturated heterocycles. The van der Waals surface area contributed by atoms with E-state index in [1.165, 1.54) is 17.2 Å². The second-order valence-corrected chi connectivity index (χ2v) is 7.94. The van der Waals surface area contributed by atoms with E-state index in [0.717, 1.165) is 44.8 Å². The van der Waals surface area contributed by atoms with Crippen molar-refractivity contribution in [3.8, 4) is 5.75 Å². The topological polar surface area (TPSA) is 24.5 Å². The minimum Gasteiger partial charge on any atom is -0.489 e. The molecule has 30 heavy (non-hydrogen) atoms. The van der Waals surface area contributed by atoms with Crippen LogP contribution in [0.1, 0.15) is 29.5 Å². The van der Waals surface area contributed by atoms with Gasteiger partial charge in [-0.2, -0.15) is 0 Å². The molecule has 0 aromatic heterocycles. The molecule has 0 radical (unpaired) electrons. The maximum atomic E-state index is 13.8. The molecule has 0 saturated carbocycles. The van der Waals surface area contributed by atoms with E-state index < -0.39 is 0 Å². The highest BCUT2D eigenvalue weighted by Gasteiger charge is 2.18. The molecule has 0 spiro atoms. The molecule has 0 atom stereocenters. The summed E-state index contributed by atoms with van der Waals surface area (Å²) in [6, 6.07) is 26.0. The molecule has 4 rings (SSSR count). The van der Waals surface area contributed by atoms with Crippen LogP contribution in [0.4, 0.5) is 4.39 Å². The number of hydrogen-bond donors (Lipinski definition) is 1. The summed E-state index contributed by atoms with van der Waals surface area (Å²) in [5.41, 5.74) is 3.15. The molecule has 1 heterocycles. The van der Waals surface area contributed by atoms with Crippen LogP contribution in [0.5, 0.6) is 5.75 Å². The van der Waals surface area contributed by atoms with Crippen molar-refractivity contribution >= 4 is 0 Å². The fourth-order valence-electron chi connectivity index (χ4n) is 3.92. The van der Waals surface area contributed by atoms with Gasteiger partial charge < -0.3 is 10.1 Å². The predicted molar refractivity (Wildman–Crippen MR) is 119 cm³/mol. The lowest BCUT2D eigenvalue weighted by Crippen LogP contribution is -2.41. The van der Waals surface area contributed by atoms with Gasteiger partial charge in [0.1, 0.15) is 18.2 Å². The zero-order valence-corrected chi connectivity index (χ0v) is 17.3. The maximum Gasteiger partial charge on any atom is 0.129 e. The van der Waals surface area contributed by atoms with Crippen molar-refractivity contribution in [2.75, 3.05) is 13.1 Å². The van der Waals surface area contributed by atoms with Gasteiger partial charge in [-0.25, -0.2) is 4.39 Å². The number of nitrogens with zero attached hydrogens (tertiary/aromatic N) is 1. The van der Waals surface area contributed by atoms with E-state index in [2.05, 4.69) is 46.6 Å². The van der Waals surface area contributed by atoms with Crippen molar-refractivity contribution < 1.29 is 9.13 Å². The SMILES string of the molecule is Fc1ccccc1COc1cccc(CNC2CCN(Cc3ccccc3)CC2)c1. The summed E-state index contributed by atoms with van der Waals surface area (Å²) >= 11 is 0. The first-order chi connectivity index (χ1) is 14.8. The van der Waals surface area contributed by atoms with E-state index in [9.17, 15) is 4.39 Å². The highest BCUT2D eigenvalue weighted by atomic mass is 19.1. The summed E-state index contributed by atoms with van der Waals surface area (Å²) in [6.07, 6.45) is 2.33. The van der Waals surface area contributed by atoms with E-state index >= 15 is 0 Å². The Morgan fingerprint density at radius 3 is 2.40 bits per heavy atom. The highest BCUT2D eigenvalue weighted by Crippen LogP contribution is 2.18. The average molecular weight is 405 g/mol. The quantitative estimate of drug-likeness (QED) is 0.561. The Bertz CT molecular complexity index is 923. The third kappa shape index (κ3) is 5.91. The van der Waals surface area contributed by atoms with Crippen LogP contribution in [0.2, 0.25) is 0 Å². The van der Waals surface area contributed by atoms with Crippen molar-refractivity contribution in [2.24, 2.45) is 0 Å².